The van der Waals surface area contributed by atoms with Crippen molar-refractivity contribution >= 4 is 5.97 Å². The van der Waals surface area contributed by atoms with Crippen LogP contribution >= 0.6 is 0 Å². The highest BCUT2D eigenvalue weighted by molar-refractivity contribution is 5.67. The molecule has 1 aromatic heterocycles. The summed E-state index contributed by atoms with van der Waals surface area (Å²) in [5.74, 6) is 0.523. The van der Waals surface area contributed by atoms with Crippen LogP contribution in [0.1, 0.15) is 25.0 Å². The van der Waals surface area contributed by atoms with Crippen molar-refractivity contribution in [2.75, 3.05) is 6.61 Å². The molecule has 0 saturated carbocycles. The number of nitrogens with zero attached hydrogens (tertiary/aromatic N) is 3. The quantitative estimate of drug-likeness (QED) is 0.748. The molecule has 0 amide bonds. The molecule has 0 fully saturated rings. The van der Waals surface area contributed by atoms with Gasteiger partial charge in [-0.1, -0.05) is 6.92 Å². The second-order valence-corrected chi connectivity index (χ2v) is 3.20. The zero-order chi connectivity index (χ0) is 11.3. The maximum Gasteiger partial charge on any atom is 0.329 e. The lowest BCUT2D eigenvalue weighted by Crippen LogP contribution is -2.11. The number of aryl methyl sites for hydroxylation is 1. The van der Waals surface area contributed by atoms with E-state index in [4.69, 9.17) is 9.84 Å². The Morgan fingerprint density at radius 2 is 2.27 bits per heavy atom. The Hall–Kier alpha value is -1.43. The van der Waals surface area contributed by atoms with Crippen LogP contribution in [-0.2, 0) is 22.7 Å². The first-order chi connectivity index (χ1) is 7.15. The Kier molecular flexibility index (Phi) is 4.23. The van der Waals surface area contributed by atoms with Crippen LogP contribution in [-0.4, -0.2) is 32.4 Å². The van der Waals surface area contributed by atoms with Crippen molar-refractivity contribution in [2.45, 2.75) is 33.4 Å². The molecule has 0 spiro atoms. The first-order valence-electron chi connectivity index (χ1n) is 4.83. The molecule has 1 heterocycles. The van der Waals surface area contributed by atoms with Gasteiger partial charge in [0, 0.05) is 6.54 Å². The maximum absolute atomic E-state index is 10.2. The Morgan fingerprint density at radius 3 is 2.87 bits per heavy atom. The predicted molar refractivity (Wildman–Crippen MR) is 52.3 cm³/mol. The third-order valence-electron chi connectivity index (χ3n) is 1.92. The molecular weight excluding hydrogens is 198 g/mol. The van der Waals surface area contributed by atoms with Gasteiger partial charge >= 0.3 is 5.97 Å². The molecule has 0 aliphatic rings. The Morgan fingerprint density at radius 1 is 1.53 bits per heavy atom. The number of hydrogen-bond acceptors (Lipinski definition) is 4. The fourth-order valence-corrected chi connectivity index (χ4v) is 1.28. The summed E-state index contributed by atoms with van der Waals surface area (Å²) in [6.07, 6.45) is 0.977. The molecule has 0 aliphatic heterocycles. The molecule has 1 rings (SSSR count). The number of aromatic nitrogens is 3. The zero-order valence-electron chi connectivity index (χ0n) is 8.93. The summed E-state index contributed by atoms with van der Waals surface area (Å²) in [6, 6.07) is 0. The van der Waals surface area contributed by atoms with E-state index >= 15 is 0 Å². The number of hydrogen-bond donors (Lipinski definition) is 1. The van der Waals surface area contributed by atoms with Crippen molar-refractivity contribution in [3.05, 3.63) is 11.6 Å². The largest absolute Gasteiger partial charge is 0.480 e. The van der Waals surface area contributed by atoms with Crippen LogP contribution in [0.5, 0.6) is 0 Å². The molecular formula is C9H15N3O3. The Bertz CT molecular complexity index is 335. The van der Waals surface area contributed by atoms with E-state index in [-0.39, 0.29) is 13.2 Å². The van der Waals surface area contributed by atoms with Crippen molar-refractivity contribution in [3.8, 4) is 0 Å². The van der Waals surface area contributed by atoms with Crippen molar-refractivity contribution in [1.29, 1.82) is 0 Å². The van der Waals surface area contributed by atoms with Gasteiger partial charge in [0.1, 0.15) is 19.0 Å². The summed E-state index contributed by atoms with van der Waals surface area (Å²) < 4.78 is 6.89. The van der Waals surface area contributed by atoms with E-state index in [1.807, 2.05) is 11.5 Å². The van der Waals surface area contributed by atoms with Crippen LogP contribution < -0.4 is 0 Å². The molecule has 0 aromatic carbocycles. The molecule has 0 atom stereocenters. The minimum Gasteiger partial charge on any atom is -0.480 e. The van der Waals surface area contributed by atoms with E-state index in [9.17, 15) is 4.79 Å². The van der Waals surface area contributed by atoms with E-state index in [0.717, 1.165) is 18.8 Å². The van der Waals surface area contributed by atoms with E-state index in [1.165, 1.54) is 0 Å². The number of aliphatic carboxylic acids is 1. The molecule has 0 radical (unpaired) electrons. The Balaban J connectivity index is 2.56. The second-order valence-electron chi connectivity index (χ2n) is 3.20. The van der Waals surface area contributed by atoms with Crippen molar-refractivity contribution in [1.82, 2.24) is 14.8 Å². The van der Waals surface area contributed by atoms with Crippen LogP contribution in [0.4, 0.5) is 0 Å². The lowest BCUT2D eigenvalue weighted by atomic mass is 10.4. The molecule has 15 heavy (non-hydrogen) atoms. The van der Waals surface area contributed by atoms with E-state index in [0.29, 0.717) is 5.82 Å². The third-order valence-corrected chi connectivity index (χ3v) is 1.92. The molecule has 84 valence electrons. The number of carboxylic acid groups (broad SMARTS) is 1. The highest BCUT2D eigenvalue weighted by atomic mass is 16.5. The molecule has 0 aliphatic carbocycles. The van der Waals surface area contributed by atoms with Crippen LogP contribution in [0, 0.1) is 6.92 Å². The van der Waals surface area contributed by atoms with E-state index < -0.39 is 5.97 Å². The minimum absolute atomic E-state index is 0.188. The molecule has 6 nitrogen and oxygen atoms in total. The van der Waals surface area contributed by atoms with Gasteiger partial charge in [-0.3, -0.25) is 0 Å². The average molecular weight is 213 g/mol. The number of carboxylic acids is 1. The summed E-state index contributed by atoms with van der Waals surface area (Å²) >= 11 is 0. The molecule has 1 aromatic rings. The zero-order valence-corrected chi connectivity index (χ0v) is 8.93. The highest BCUT2D eigenvalue weighted by Crippen LogP contribution is 2.03. The first kappa shape index (κ1) is 11.6. The molecule has 6 heteroatoms. The van der Waals surface area contributed by atoms with Gasteiger partial charge in [-0.05, 0) is 13.3 Å². The molecule has 0 unspecified atom stereocenters. The average Bonchev–Trinajstić information content (AvgIpc) is 2.50. The summed E-state index contributed by atoms with van der Waals surface area (Å²) in [6.45, 7) is 4.63. The lowest BCUT2D eigenvalue weighted by Gasteiger charge is -2.06. The van der Waals surface area contributed by atoms with Gasteiger partial charge in [0.2, 0.25) is 0 Å². The Labute approximate surface area is 87.9 Å². The van der Waals surface area contributed by atoms with Crippen LogP contribution in [0.25, 0.3) is 0 Å². The van der Waals surface area contributed by atoms with Gasteiger partial charge in [-0.2, -0.15) is 0 Å². The van der Waals surface area contributed by atoms with Crippen LogP contribution in [0.2, 0.25) is 0 Å². The smallest absolute Gasteiger partial charge is 0.329 e. The van der Waals surface area contributed by atoms with Gasteiger partial charge in [-0.15, -0.1) is 10.2 Å². The van der Waals surface area contributed by atoms with E-state index in [1.54, 1.807) is 0 Å². The number of carbonyl (C=O) groups is 1. The second kappa shape index (κ2) is 5.45. The highest BCUT2D eigenvalue weighted by Gasteiger charge is 2.08. The lowest BCUT2D eigenvalue weighted by molar-refractivity contribution is -0.142. The standard InChI is InChI=1S/C9H15N3O3/c1-3-4-12-7(2)10-11-8(12)5-15-6-9(13)14/h3-6H2,1-2H3,(H,13,14). The van der Waals surface area contributed by atoms with Gasteiger partial charge in [0.05, 0.1) is 0 Å². The molecule has 0 bridgehead atoms. The predicted octanol–water partition coefficient (Wildman–Crippen LogP) is 0.598. The SMILES string of the molecule is CCCn1c(C)nnc1COCC(=O)O. The minimum atomic E-state index is -0.978. The van der Waals surface area contributed by atoms with Crippen LogP contribution in [0.15, 0.2) is 0 Å². The van der Waals surface area contributed by atoms with Gasteiger partial charge in [0.25, 0.3) is 0 Å². The molecule has 0 saturated heterocycles. The number of ether oxygens (including phenoxy) is 1. The fourth-order valence-electron chi connectivity index (χ4n) is 1.28. The topological polar surface area (TPSA) is 77.2 Å². The van der Waals surface area contributed by atoms with E-state index in [2.05, 4.69) is 17.1 Å². The third kappa shape index (κ3) is 3.32. The summed E-state index contributed by atoms with van der Waals surface area (Å²) in [5.41, 5.74) is 0. The fraction of sp³-hybridized carbons (Fsp3) is 0.667. The maximum atomic E-state index is 10.2. The normalized spacial score (nSPS) is 10.5. The van der Waals surface area contributed by atoms with Gasteiger partial charge in [0.15, 0.2) is 5.82 Å². The summed E-state index contributed by atoms with van der Waals surface area (Å²) in [7, 11) is 0. The number of rotatable bonds is 6. The molecule has 1 N–H and O–H groups in total. The van der Waals surface area contributed by atoms with Crippen molar-refractivity contribution in [3.63, 3.8) is 0 Å². The van der Waals surface area contributed by atoms with Crippen molar-refractivity contribution in [2.24, 2.45) is 0 Å². The summed E-state index contributed by atoms with van der Waals surface area (Å²) in [4.78, 5) is 10.2. The van der Waals surface area contributed by atoms with Crippen LogP contribution in [0.3, 0.4) is 0 Å². The van der Waals surface area contributed by atoms with Gasteiger partial charge in [-0.25, -0.2) is 4.79 Å². The van der Waals surface area contributed by atoms with Crippen molar-refractivity contribution < 1.29 is 14.6 Å². The monoisotopic (exact) mass is 213 g/mol. The van der Waals surface area contributed by atoms with Gasteiger partial charge < -0.3 is 14.4 Å². The summed E-state index contributed by atoms with van der Waals surface area (Å²) in [5, 5.41) is 16.2. The first-order valence-corrected chi connectivity index (χ1v) is 4.83.